The van der Waals surface area contributed by atoms with E-state index in [9.17, 15) is 5.11 Å². The summed E-state index contributed by atoms with van der Waals surface area (Å²) in [7, 11) is 0. The fourth-order valence-electron chi connectivity index (χ4n) is 1.39. The third-order valence-corrected chi connectivity index (χ3v) is 5.93. The Bertz CT molecular complexity index is 522. The first-order valence-corrected chi connectivity index (χ1v) is 7.84. The van der Waals surface area contributed by atoms with Gasteiger partial charge in [0.25, 0.3) is 0 Å². The topological polar surface area (TPSA) is 44.3 Å². The molecule has 2 rings (SSSR count). The van der Waals surface area contributed by atoms with Crippen molar-refractivity contribution in [2.45, 2.75) is 11.1 Å². The average molecular weight is 381 g/mol. The Kier molecular flexibility index (Phi) is 5.42. The number of hydrogen-bond acceptors (Lipinski definition) is 4. The highest BCUT2D eigenvalue weighted by molar-refractivity contribution is 7.99. The molecule has 1 aromatic rings. The lowest BCUT2D eigenvalue weighted by Crippen LogP contribution is -2.31. The number of aliphatic hydroxyl groups is 1. The molecule has 0 saturated heterocycles. The van der Waals surface area contributed by atoms with E-state index >= 15 is 0 Å². The molecule has 3 N–H and O–H groups in total. The van der Waals surface area contributed by atoms with Gasteiger partial charge < -0.3 is 10.5 Å². The van der Waals surface area contributed by atoms with E-state index in [2.05, 4.69) is 10.9 Å². The summed E-state index contributed by atoms with van der Waals surface area (Å²) >= 11 is 31.4. The van der Waals surface area contributed by atoms with Crippen molar-refractivity contribution in [3.8, 4) is 0 Å². The standard InChI is InChI=1S/C10H7Cl5N2OS/c11-5-6(12)8(14)10(9(15)7(5)13)19-2-3-1-4(18)17-16-3/h1,4,16-18H,2H2. The van der Waals surface area contributed by atoms with E-state index in [-0.39, 0.29) is 25.1 Å². The van der Waals surface area contributed by atoms with Gasteiger partial charge in [-0.25, -0.2) is 5.43 Å². The van der Waals surface area contributed by atoms with E-state index in [0.717, 1.165) is 5.70 Å². The van der Waals surface area contributed by atoms with Gasteiger partial charge in [-0.2, -0.15) is 0 Å². The minimum atomic E-state index is -0.709. The summed E-state index contributed by atoms with van der Waals surface area (Å²) in [5, 5.41) is 10.3. The van der Waals surface area contributed by atoms with Crippen molar-refractivity contribution in [1.82, 2.24) is 10.9 Å². The first kappa shape index (κ1) is 15.9. The predicted octanol–water partition coefficient (Wildman–Crippen LogP) is 4.36. The summed E-state index contributed by atoms with van der Waals surface area (Å²) in [5.74, 6) is 0.512. The van der Waals surface area contributed by atoms with Crippen molar-refractivity contribution < 1.29 is 5.11 Å². The summed E-state index contributed by atoms with van der Waals surface area (Å²) in [6.45, 7) is 0. The number of nitrogens with one attached hydrogen (secondary N) is 2. The van der Waals surface area contributed by atoms with Crippen LogP contribution >= 0.6 is 69.8 Å². The second kappa shape index (κ2) is 6.50. The minimum absolute atomic E-state index is 0.137. The first-order chi connectivity index (χ1) is 8.91. The van der Waals surface area contributed by atoms with Crippen molar-refractivity contribution in [3.63, 3.8) is 0 Å². The maximum atomic E-state index is 9.26. The largest absolute Gasteiger partial charge is 0.373 e. The number of hydrazine groups is 1. The molecule has 104 valence electrons. The van der Waals surface area contributed by atoms with Crippen molar-refractivity contribution in [1.29, 1.82) is 0 Å². The zero-order chi connectivity index (χ0) is 14.2. The molecule has 19 heavy (non-hydrogen) atoms. The van der Waals surface area contributed by atoms with E-state index in [0.29, 0.717) is 10.6 Å². The van der Waals surface area contributed by atoms with Gasteiger partial charge in [0.15, 0.2) is 0 Å². The third kappa shape index (κ3) is 3.39. The number of halogens is 5. The first-order valence-electron chi connectivity index (χ1n) is 4.96. The average Bonchev–Trinajstić information content (AvgIpc) is 2.80. The molecule has 0 radical (unpaired) electrons. The third-order valence-electron chi connectivity index (χ3n) is 2.28. The number of aliphatic hydroxyl groups excluding tert-OH is 1. The number of thioether (sulfide) groups is 1. The van der Waals surface area contributed by atoms with Crippen molar-refractivity contribution >= 4 is 69.8 Å². The zero-order valence-electron chi connectivity index (χ0n) is 9.11. The Hall–Kier alpha value is 0.480. The lowest BCUT2D eigenvalue weighted by molar-refractivity contribution is 0.185. The number of benzene rings is 1. The lowest BCUT2D eigenvalue weighted by Gasteiger charge is -2.12. The second-order valence-corrected chi connectivity index (χ2v) is 6.47. The zero-order valence-corrected chi connectivity index (χ0v) is 13.7. The molecule has 9 heteroatoms. The number of rotatable bonds is 3. The van der Waals surface area contributed by atoms with Crippen LogP contribution in [0, 0.1) is 0 Å². The highest BCUT2D eigenvalue weighted by Gasteiger charge is 2.20. The van der Waals surface area contributed by atoms with Crippen LogP contribution in [0.4, 0.5) is 0 Å². The molecule has 3 nitrogen and oxygen atoms in total. The van der Waals surface area contributed by atoms with Crippen LogP contribution in [-0.4, -0.2) is 17.1 Å². The van der Waals surface area contributed by atoms with Gasteiger partial charge in [0.1, 0.15) is 6.23 Å². The van der Waals surface area contributed by atoms with Gasteiger partial charge in [0.05, 0.1) is 25.1 Å². The monoisotopic (exact) mass is 378 g/mol. The molecule has 0 bridgehead atoms. The molecule has 1 aromatic carbocycles. The number of hydrogen-bond donors (Lipinski definition) is 3. The van der Waals surface area contributed by atoms with Crippen LogP contribution in [0.2, 0.25) is 25.1 Å². The predicted molar refractivity (Wildman–Crippen MR) is 82.6 cm³/mol. The quantitative estimate of drug-likeness (QED) is 0.414. The van der Waals surface area contributed by atoms with Crippen molar-refractivity contribution in [3.05, 3.63) is 36.9 Å². The SMILES string of the molecule is OC1C=C(CSc2c(Cl)c(Cl)c(Cl)c(Cl)c2Cl)NN1. The van der Waals surface area contributed by atoms with Gasteiger partial charge >= 0.3 is 0 Å². The van der Waals surface area contributed by atoms with Gasteiger partial charge in [0.2, 0.25) is 0 Å². The molecule has 0 saturated carbocycles. The van der Waals surface area contributed by atoms with E-state index in [1.165, 1.54) is 11.8 Å². The van der Waals surface area contributed by atoms with Crippen LogP contribution in [0.1, 0.15) is 0 Å². The Morgan fingerprint density at radius 2 is 1.53 bits per heavy atom. The minimum Gasteiger partial charge on any atom is -0.373 e. The lowest BCUT2D eigenvalue weighted by atomic mass is 10.3. The van der Waals surface area contributed by atoms with Gasteiger partial charge in [0, 0.05) is 16.3 Å². The Morgan fingerprint density at radius 3 is 2.00 bits per heavy atom. The van der Waals surface area contributed by atoms with Gasteiger partial charge in [-0.15, -0.1) is 11.8 Å². The van der Waals surface area contributed by atoms with Crippen LogP contribution in [0.25, 0.3) is 0 Å². The second-order valence-electron chi connectivity index (χ2n) is 3.59. The maximum absolute atomic E-state index is 9.26. The Labute approximate surface area is 139 Å². The summed E-state index contributed by atoms with van der Waals surface area (Å²) in [4.78, 5) is 0.548. The summed E-state index contributed by atoms with van der Waals surface area (Å²) in [6, 6.07) is 0. The van der Waals surface area contributed by atoms with Crippen LogP contribution < -0.4 is 10.9 Å². The molecule has 0 fully saturated rings. The van der Waals surface area contributed by atoms with Gasteiger partial charge in [-0.1, -0.05) is 58.0 Å². The van der Waals surface area contributed by atoms with E-state index in [1.807, 2.05) is 0 Å². The van der Waals surface area contributed by atoms with Crippen molar-refractivity contribution in [2.24, 2.45) is 0 Å². The summed E-state index contributed by atoms with van der Waals surface area (Å²) in [6.07, 6.45) is 0.924. The fraction of sp³-hybridized carbons (Fsp3) is 0.200. The molecule has 1 heterocycles. The fourth-order valence-corrected chi connectivity index (χ4v) is 3.89. The van der Waals surface area contributed by atoms with Crippen LogP contribution in [0.15, 0.2) is 16.7 Å². The summed E-state index contributed by atoms with van der Waals surface area (Å²) in [5.41, 5.74) is 6.24. The van der Waals surface area contributed by atoms with Crippen molar-refractivity contribution in [2.75, 3.05) is 5.75 Å². The van der Waals surface area contributed by atoms with E-state index in [1.54, 1.807) is 6.08 Å². The summed E-state index contributed by atoms with van der Waals surface area (Å²) < 4.78 is 0. The van der Waals surface area contributed by atoms with E-state index < -0.39 is 6.23 Å². The van der Waals surface area contributed by atoms with Gasteiger partial charge in [-0.3, -0.25) is 0 Å². The Balaban J connectivity index is 2.23. The highest BCUT2D eigenvalue weighted by Crippen LogP contribution is 2.48. The maximum Gasteiger partial charge on any atom is 0.142 e. The smallest absolute Gasteiger partial charge is 0.142 e. The molecular weight excluding hydrogens is 373 g/mol. The normalized spacial score (nSPS) is 18.4. The molecule has 0 aromatic heterocycles. The molecule has 0 spiro atoms. The molecule has 1 aliphatic heterocycles. The van der Waals surface area contributed by atoms with Crippen LogP contribution in [-0.2, 0) is 0 Å². The highest BCUT2D eigenvalue weighted by atomic mass is 35.5. The molecule has 1 unspecified atom stereocenters. The molecular formula is C10H7Cl5N2OS. The van der Waals surface area contributed by atoms with Crippen LogP contribution in [0.3, 0.4) is 0 Å². The Morgan fingerprint density at radius 1 is 1.00 bits per heavy atom. The molecule has 1 atom stereocenters. The van der Waals surface area contributed by atoms with E-state index in [4.69, 9.17) is 58.0 Å². The van der Waals surface area contributed by atoms with Crippen LogP contribution in [0.5, 0.6) is 0 Å². The molecule has 0 amide bonds. The molecule has 1 aliphatic rings. The molecule has 0 aliphatic carbocycles. The van der Waals surface area contributed by atoms with Gasteiger partial charge in [-0.05, 0) is 6.08 Å².